The Morgan fingerprint density at radius 3 is 2.57 bits per heavy atom. The monoisotopic (exact) mass is 408 g/mol. The molecule has 0 aliphatic carbocycles. The fourth-order valence-electron chi connectivity index (χ4n) is 3.17. The third kappa shape index (κ3) is 6.24. The van der Waals surface area contributed by atoms with E-state index in [1.165, 1.54) is 6.20 Å². The topological polar surface area (TPSA) is 94.4 Å². The van der Waals surface area contributed by atoms with Crippen LogP contribution in [0.3, 0.4) is 0 Å². The number of aromatic nitrogens is 2. The zero-order valence-corrected chi connectivity index (χ0v) is 17.8. The second-order valence-electron chi connectivity index (χ2n) is 8.52. The molecule has 1 aliphatic rings. The highest BCUT2D eigenvalue weighted by molar-refractivity contribution is 5.95. The molecule has 0 spiro atoms. The first-order valence-corrected chi connectivity index (χ1v) is 10.0. The van der Waals surface area contributed by atoms with Crippen LogP contribution in [-0.2, 0) is 11.3 Å². The summed E-state index contributed by atoms with van der Waals surface area (Å²) < 4.78 is 5.38. The van der Waals surface area contributed by atoms with Crippen molar-refractivity contribution >= 4 is 11.7 Å². The Bertz CT molecular complexity index is 895. The summed E-state index contributed by atoms with van der Waals surface area (Å²) in [5.41, 5.74) is 4.55. The quantitative estimate of drug-likeness (QED) is 0.733. The lowest BCUT2D eigenvalue weighted by atomic mass is 9.97. The van der Waals surface area contributed by atoms with Gasteiger partial charge in [0.15, 0.2) is 5.82 Å². The molecule has 2 aromatic rings. The van der Waals surface area contributed by atoms with Crippen LogP contribution in [0.25, 0.3) is 0 Å². The summed E-state index contributed by atoms with van der Waals surface area (Å²) in [5, 5.41) is 10.8. The minimum atomic E-state index is -0.228. The largest absolute Gasteiger partial charge is 0.379 e. The van der Waals surface area contributed by atoms with Gasteiger partial charge in [-0.15, -0.1) is 0 Å². The molecule has 158 valence electrons. The number of morpholine rings is 1. The van der Waals surface area contributed by atoms with E-state index in [1.807, 2.05) is 30.3 Å². The SMILES string of the molecule is CC(C)(C)CN(NC(=O)c1ccc(CN2CCOCC2)cc1)c1ccnc(C#N)n1. The molecule has 0 bridgehead atoms. The molecule has 0 unspecified atom stereocenters. The fraction of sp³-hybridized carbons (Fsp3) is 0.455. The van der Waals surface area contributed by atoms with Gasteiger partial charge >= 0.3 is 0 Å². The van der Waals surface area contributed by atoms with Crippen LogP contribution in [-0.4, -0.2) is 53.6 Å². The van der Waals surface area contributed by atoms with Gasteiger partial charge in [0.2, 0.25) is 5.82 Å². The number of ether oxygens (including phenoxy) is 1. The summed E-state index contributed by atoms with van der Waals surface area (Å²) in [6.45, 7) is 11.0. The molecule has 2 heterocycles. The molecule has 1 saturated heterocycles. The molecule has 30 heavy (non-hydrogen) atoms. The van der Waals surface area contributed by atoms with Gasteiger partial charge in [0, 0.05) is 44.0 Å². The molecule has 0 saturated carbocycles. The van der Waals surface area contributed by atoms with Crippen LogP contribution >= 0.6 is 0 Å². The van der Waals surface area contributed by atoms with Gasteiger partial charge in [-0.1, -0.05) is 32.9 Å². The van der Waals surface area contributed by atoms with Crippen molar-refractivity contribution in [3.63, 3.8) is 0 Å². The summed E-state index contributed by atoms with van der Waals surface area (Å²) in [4.78, 5) is 23.4. The number of nitrogens with one attached hydrogen (secondary N) is 1. The van der Waals surface area contributed by atoms with Crippen LogP contribution < -0.4 is 10.4 Å². The number of hydrogen-bond acceptors (Lipinski definition) is 7. The lowest BCUT2D eigenvalue weighted by Gasteiger charge is -2.31. The van der Waals surface area contributed by atoms with Crippen molar-refractivity contribution in [1.82, 2.24) is 20.3 Å². The van der Waals surface area contributed by atoms with E-state index in [4.69, 9.17) is 10.00 Å². The number of amides is 1. The number of nitrogens with zero attached hydrogens (tertiary/aromatic N) is 5. The van der Waals surface area contributed by atoms with Crippen molar-refractivity contribution < 1.29 is 9.53 Å². The van der Waals surface area contributed by atoms with Crippen molar-refractivity contribution in [3.8, 4) is 6.07 Å². The number of carbonyl (C=O) groups is 1. The van der Waals surface area contributed by atoms with E-state index in [-0.39, 0.29) is 17.1 Å². The average molecular weight is 409 g/mol. The maximum absolute atomic E-state index is 12.9. The van der Waals surface area contributed by atoms with Gasteiger partial charge in [-0.2, -0.15) is 10.2 Å². The van der Waals surface area contributed by atoms with E-state index in [9.17, 15) is 4.79 Å². The molecule has 0 atom stereocenters. The van der Waals surface area contributed by atoms with Crippen molar-refractivity contribution in [2.75, 3.05) is 37.9 Å². The number of hydrogen-bond donors (Lipinski definition) is 1. The van der Waals surface area contributed by atoms with Gasteiger partial charge in [0.25, 0.3) is 5.91 Å². The van der Waals surface area contributed by atoms with Crippen LogP contribution in [0.15, 0.2) is 36.5 Å². The minimum absolute atomic E-state index is 0.0631. The predicted molar refractivity (Wildman–Crippen MR) is 114 cm³/mol. The average Bonchev–Trinajstić information content (AvgIpc) is 2.73. The van der Waals surface area contributed by atoms with Gasteiger partial charge < -0.3 is 4.74 Å². The van der Waals surface area contributed by atoms with Crippen molar-refractivity contribution in [2.45, 2.75) is 27.3 Å². The maximum atomic E-state index is 12.9. The highest BCUT2D eigenvalue weighted by Gasteiger charge is 2.21. The standard InChI is InChI=1S/C22H28N6O2/c1-22(2,3)16-28(20-8-9-24-19(14-23)25-20)26-21(29)18-6-4-17(5-7-18)15-27-10-12-30-13-11-27/h4-9H,10-13,15-16H2,1-3H3,(H,26,29). The first kappa shape index (κ1) is 21.7. The molecule has 1 fully saturated rings. The number of anilines is 1. The summed E-state index contributed by atoms with van der Waals surface area (Å²) in [6, 6.07) is 11.3. The Labute approximate surface area is 177 Å². The number of hydrazine groups is 1. The van der Waals surface area contributed by atoms with Crippen molar-refractivity contribution in [1.29, 1.82) is 5.26 Å². The van der Waals surface area contributed by atoms with Crippen LogP contribution in [0.1, 0.15) is 42.5 Å². The first-order valence-electron chi connectivity index (χ1n) is 10.0. The van der Waals surface area contributed by atoms with Crippen LogP contribution in [0.5, 0.6) is 0 Å². The Kier molecular flexibility index (Phi) is 6.98. The predicted octanol–water partition coefficient (Wildman–Crippen LogP) is 2.38. The Hall–Kier alpha value is -3.02. The third-order valence-electron chi connectivity index (χ3n) is 4.61. The van der Waals surface area contributed by atoms with Gasteiger partial charge in [0.1, 0.15) is 6.07 Å². The molecule has 3 rings (SSSR count). The molecule has 1 amide bonds. The van der Waals surface area contributed by atoms with E-state index in [2.05, 4.69) is 41.1 Å². The van der Waals surface area contributed by atoms with E-state index in [0.29, 0.717) is 17.9 Å². The summed E-state index contributed by atoms with van der Waals surface area (Å²) in [6.07, 6.45) is 1.52. The molecule has 1 N–H and O–H groups in total. The molecule has 1 aliphatic heterocycles. The van der Waals surface area contributed by atoms with Gasteiger partial charge in [0.05, 0.1) is 13.2 Å². The second kappa shape index (κ2) is 9.65. The normalized spacial score (nSPS) is 14.7. The number of rotatable bonds is 6. The second-order valence-corrected chi connectivity index (χ2v) is 8.52. The molecular weight excluding hydrogens is 380 g/mol. The van der Waals surface area contributed by atoms with Crippen LogP contribution in [0.2, 0.25) is 0 Å². The van der Waals surface area contributed by atoms with Gasteiger partial charge in [-0.25, -0.2) is 4.98 Å². The molecular formula is C22H28N6O2. The first-order chi connectivity index (χ1) is 14.3. The van der Waals surface area contributed by atoms with Gasteiger partial charge in [-0.3, -0.25) is 20.1 Å². The molecule has 1 aromatic carbocycles. The maximum Gasteiger partial charge on any atom is 0.269 e. The lowest BCUT2D eigenvalue weighted by Crippen LogP contribution is -2.47. The van der Waals surface area contributed by atoms with E-state index < -0.39 is 0 Å². The summed E-state index contributed by atoms with van der Waals surface area (Å²) in [7, 11) is 0. The lowest BCUT2D eigenvalue weighted by molar-refractivity contribution is 0.0342. The Balaban J connectivity index is 1.70. The van der Waals surface area contributed by atoms with Crippen LogP contribution in [0.4, 0.5) is 5.82 Å². The van der Waals surface area contributed by atoms with E-state index >= 15 is 0 Å². The highest BCUT2D eigenvalue weighted by atomic mass is 16.5. The third-order valence-corrected chi connectivity index (χ3v) is 4.61. The van der Waals surface area contributed by atoms with Crippen molar-refractivity contribution in [2.24, 2.45) is 5.41 Å². The van der Waals surface area contributed by atoms with Gasteiger partial charge in [-0.05, 0) is 23.1 Å². The number of carbonyl (C=O) groups excluding carboxylic acids is 1. The zero-order valence-electron chi connectivity index (χ0n) is 17.8. The minimum Gasteiger partial charge on any atom is -0.379 e. The Morgan fingerprint density at radius 2 is 1.93 bits per heavy atom. The molecule has 8 nitrogen and oxygen atoms in total. The zero-order chi connectivity index (χ0) is 21.6. The van der Waals surface area contributed by atoms with E-state index in [1.54, 1.807) is 11.1 Å². The number of nitriles is 1. The Morgan fingerprint density at radius 1 is 1.23 bits per heavy atom. The molecule has 1 aromatic heterocycles. The fourth-order valence-corrected chi connectivity index (χ4v) is 3.17. The number of benzene rings is 1. The molecule has 0 radical (unpaired) electrons. The summed E-state index contributed by atoms with van der Waals surface area (Å²) in [5.74, 6) is 0.316. The van der Waals surface area contributed by atoms with Crippen molar-refractivity contribution in [3.05, 3.63) is 53.5 Å². The molecule has 8 heteroatoms. The summed E-state index contributed by atoms with van der Waals surface area (Å²) >= 11 is 0. The highest BCUT2D eigenvalue weighted by Crippen LogP contribution is 2.19. The smallest absolute Gasteiger partial charge is 0.269 e. The van der Waals surface area contributed by atoms with E-state index in [0.717, 1.165) is 38.4 Å². The van der Waals surface area contributed by atoms with Crippen LogP contribution in [0, 0.1) is 16.7 Å².